The van der Waals surface area contributed by atoms with E-state index < -0.39 is 0 Å². The molecule has 0 heterocycles. The van der Waals surface area contributed by atoms with E-state index in [2.05, 4.69) is 24.4 Å². The highest BCUT2D eigenvalue weighted by molar-refractivity contribution is 7.94. The highest BCUT2D eigenvalue weighted by Crippen LogP contribution is 2.33. The van der Waals surface area contributed by atoms with Gasteiger partial charge in [0.05, 0.1) is 26.4 Å². The van der Waals surface area contributed by atoms with Crippen LogP contribution in [-0.4, -0.2) is 33.8 Å². The van der Waals surface area contributed by atoms with Crippen molar-refractivity contribution in [1.29, 1.82) is 0 Å². The summed E-state index contributed by atoms with van der Waals surface area (Å²) in [5.74, 6) is 0.800. The molecular formula is C20H25NO4S. The van der Waals surface area contributed by atoms with E-state index in [1.165, 1.54) is 24.7 Å². The Bertz CT molecular complexity index is 731. The maximum absolute atomic E-state index is 12.1. The second-order valence-corrected chi connectivity index (χ2v) is 6.65. The van der Waals surface area contributed by atoms with Crippen molar-refractivity contribution in [3.8, 4) is 11.5 Å². The van der Waals surface area contributed by atoms with Crippen LogP contribution in [0.2, 0.25) is 0 Å². The second-order valence-electron chi connectivity index (χ2n) is 5.78. The van der Waals surface area contributed by atoms with E-state index in [0.717, 1.165) is 23.3 Å². The first-order valence-electron chi connectivity index (χ1n) is 8.42. The molecule has 0 saturated carbocycles. The number of carbonyl (C=O) groups excluding carboxylic acids is 1. The largest absolute Gasteiger partial charge is 0.493 e. The summed E-state index contributed by atoms with van der Waals surface area (Å²) in [6.45, 7) is 2.67. The molecule has 2 aromatic carbocycles. The van der Waals surface area contributed by atoms with Gasteiger partial charge in [-0.2, -0.15) is 0 Å². The molecule has 1 amide bonds. The van der Waals surface area contributed by atoms with Gasteiger partial charge in [0.25, 0.3) is 5.91 Å². The normalized spacial score (nSPS) is 10.5. The van der Waals surface area contributed by atoms with Gasteiger partial charge in [0, 0.05) is 24.0 Å². The predicted octanol–water partition coefficient (Wildman–Crippen LogP) is 4.03. The Kier molecular flexibility index (Phi) is 7.81. The van der Waals surface area contributed by atoms with Crippen molar-refractivity contribution in [1.82, 2.24) is 5.32 Å². The Morgan fingerprint density at radius 1 is 1.12 bits per heavy atom. The number of ether oxygens (including phenoxy) is 2. The Balaban J connectivity index is 1.94. The minimum atomic E-state index is -0.201. The predicted molar refractivity (Wildman–Crippen MR) is 104 cm³/mol. The molecule has 0 aliphatic rings. The monoisotopic (exact) mass is 375 g/mol. The fourth-order valence-corrected chi connectivity index (χ4v) is 3.09. The zero-order valence-electron chi connectivity index (χ0n) is 15.6. The van der Waals surface area contributed by atoms with Crippen molar-refractivity contribution in [2.24, 2.45) is 0 Å². The molecule has 0 aliphatic carbocycles. The molecular weight excluding hydrogens is 350 g/mol. The lowest BCUT2D eigenvalue weighted by atomic mass is 10.0. The molecule has 0 unspecified atom stereocenters. The molecule has 0 aromatic heterocycles. The van der Waals surface area contributed by atoms with Gasteiger partial charge in [-0.3, -0.25) is 4.79 Å². The first-order valence-corrected chi connectivity index (χ1v) is 9.16. The van der Waals surface area contributed by atoms with Crippen LogP contribution in [0.1, 0.15) is 27.9 Å². The number of hydrogen-bond acceptors (Lipinski definition) is 5. The number of benzene rings is 2. The summed E-state index contributed by atoms with van der Waals surface area (Å²) in [6, 6.07) is 12.0. The molecule has 1 N–H and O–H groups in total. The molecule has 0 atom stereocenters. The maximum atomic E-state index is 12.1. The first-order chi connectivity index (χ1) is 12.6. The molecule has 26 heavy (non-hydrogen) atoms. The minimum Gasteiger partial charge on any atom is -0.493 e. The van der Waals surface area contributed by atoms with Crippen LogP contribution >= 0.6 is 12.0 Å². The number of nitrogens with one attached hydrogen (secondary N) is 1. The van der Waals surface area contributed by atoms with Gasteiger partial charge in [0.2, 0.25) is 0 Å². The van der Waals surface area contributed by atoms with Crippen LogP contribution in [0.4, 0.5) is 0 Å². The van der Waals surface area contributed by atoms with Gasteiger partial charge in [-0.05, 0) is 49.6 Å². The summed E-state index contributed by atoms with van der Waals surface area (Å²) in [5, 5.41) is 2.63. The second kappa shape index (κ2) is 10.1. The first kappa shape index (κ1) is 20.1. The molecule has 0 saturated heterocycles. The molecule has 6 heteroatoms. The molecule has 0 fully saturated rings. The van der Waals surface area contributed by atoms with Crippen molar-refractivity contribution in [2.75, 3.05) is 27.9 Å². The molecule has 0 aliphatic heterocycles. The lowest BCUT2D eigenvalue weighted by molar-refractivity contribution is 0.0959. The highest BCUT2D eigenvalue weighted by atomic mass is 32.2. The number of amides is 1. The Labute approximate surface area is 159 Å². The molecule has 0 radical (unpaired) electrons. The van der Waals surface area contributed by atoms with Crippen molar-refractivity contribution in [3.63, 3.8) is 0 Å². The summed E-state index contributed by atoms with van der Waals surface area (Å²) < 4.78 is 16.4. The summed E-state index contributed by atoms with van der Waals surface area (Å²) in [4.78, 5) is 13.2. The third-order valence-corrected chi connectivity index (χ3v) is 4.63. The zero-order valence-corrected chi connectivity index (χ0v) is 16.4. The van der Waals surface area contributed by atoms with Gasteiger partial charge >= 0.3 is 0 Å². The fourth-order valence-electron chi connectivity index (χ4n) is 2.51. The Hall–Kier alpha value is -2.18. The van der Waals surface area contributed by atoms with E-state index in [1.54, 1.807) is 14.2 Å². The van der Waals surface area contributed by atoms with Gasteiger partial charge < -0.3 is 19.0 Å². The van der Waals surface area contributed by atoms with Gasteiger partial charge in [0.1, 0.15) is 0 Å². The lowest BCUT2D eigenvalue weighted by Crippen LogP contribution is -2.19. The van der Waals surface area contributed by atoms with Crippen molar-refractivity contribution < 1.29 is 18.5 Å². The highest BCUT2D eigenvalue weighted by Gasteiger charge is 2.17. The molecule has 2 aromatic rings. The Morgan fingerprint density at radius 2 is 1.85 bits per heavy atom. The maximum Gasteiger partial charge on any atom is 0.254 e. The van der Waals surface area contributed by atoms with Gasteiger partial charge in [-0.1, -0.05) is 17.7 Å². The van der Waals surface area contributed by atoms with E-state index in [-0.39, 0.29) is 5.91 Å². The van der Waals surface area contributed by atoms with Crippen LogP contribution in [0.15, 0.2) is 41.3 Å². The van der Waals surface area contributed by atoms with Crippen molar-refractivity contribution >= 4 is 17.9 Å². The van der Waals surface area contributed by atoms with E-state index in [0.29, 0.717) is 23.7 Å². The van der Waals surface area contributed by atoms with E-state index >= 15 is 0 Å². The number of carbonyl (C=O) groups is 1. The van der Waals surface area contributed by atoms with E-state index in [1.807, 2.05) is 24.3 Å². The number of methoxy groups -OCH3 is 2. The smallest absolute Gasteiger partial charge is 0.254 e. The topological polar surface area (TPSA) is 56.8 Å². The molecule has 0 spiro atoms. The molecule has 5 nitrogen and oxygen atoms in total. The lowest BCUT2D eigenvalue weighted by Gasteiger charge is -2.14. The van der Waals surface area contributed by atoms with E-state index in [9.17, 15) is 4.79 Å². The number of hydrogen-bond donors (Lipinski definition) is 1. The van der Waals surface area contributed by atoms with Crippen molar-refractivity contribution in [3.05, 3.63) is 53.1 Å². The van der Waals surface area contributed by atoms with Crippen LogP contribution in [0.5, 0.6) is 11.5 Å². The van der Waals surface area contributed by atoms with Gasteiger partial charge in [0.15, 0.2) is 11.5 Å². The third kappa shape index (κ3) is 5.41. The summed E-state index contributed by atoms with van der Waals surface area (Å²) in [7, 11) is 4.69. The summed E-state index contributed by atoms with van der Waals surface area (Å²) >= 11 is 1.38. The SMILES string of the molecule is CNC(=O)c1cc(CCCOSc2ccc(C)cc2)cc(OC)c1OC. The van der Waals surface area contributed by atoms with Crippen LogP contribution in [0.3, 0.4) is 0 Å². The average Bonchev–Trinajstić information content (AvgIpc) is 2.67. The van der Waals surface area contributed by atoms with Crippen LogP contribution in [0.25, 0.3) is 0 Å². The average molecular weight is 375 g/mol. The number of rotatable bonds is 9. The summed E-state index contributed by atoms with van der Waals surface area (Å²) in [5.41, 5.74) is 2.71. The molecule has 0 bridgehead atoms. The third-order valence-electron chi connectivity index (χ3n) is 3.88. The Morgan fingerprint density at radius 3 is 2.46 bits per heavy atom. The van der Waals surface area contributed by atoms with Gasteiger partial charge in [-0.25, -0.2) is 0 Å². The quantitative estimate of drug-likeness (QED) is 0.530. The van der Waals surface area contributed by atoms with Crippen LogP contribution < -0.4 is 14.8 Å². The summed E-state index contributed by atoms with van der Waals surface area (Å²) in [6.07, 6.45) is 1.61. The van der Waals surface area contributed by atoms with Gasteiger partial charge in [-0.15, -0.1) is 0 Å². The molecule has 140 valence electrons. The van der Waals surface area contributed by atoms with Crippen LogP contribution in [0, 0.1) is 6.92 Å². The zero-order chi connectivity index (χ0) is 18.9. The standard InChI is InChI=1S/C20H25NO4S/c1-14-7-9-16(10-8-14)26-25-11-5-6-15-12-17(20(22)21-2)19(24-4)18(13-15)23-3/h7-10,12-13H,5-6,11H2,1-4H3,(H,21,22). The van der Waals surface area contributed by atoms with E-state index in [4.69, 9.17) is 13.7 Å². The minimum absolute atomic E-state index is 0.201. The molecule has 2 rings (SSSR count). The number of aryl methyl sites for hydroxylation is 2. The van der Waals surface area contributed by atoms with Crippen molar-refractivity contribution in [2.45, 2.75) is 24.7 Å². The fraction of sp³-hybridized carbons (Fsp3) is 0.350. The van der Waals surface area contributed by atoms with Crippen LogP contribution in [-0.2, 0) is 10.6 Å².